The molecule has 5 nitrogen and oxygen atoms in total. The molecule has 7 heteroatoms. The molecule has 0 spiro atoms. The van der Waals surface area contributed by atoms with Crippen molar-refractivity contribution in [2.75, 3.05) is 49.9 Å². The Morgan fingerprint density at radius 2 is 2.13 bits per heavy atom. The van der Waals surface area contributed by atoms with Crippen LogP contribution in [0.4, 0.5) is 10.1 Å². The minimum absolute atomic E-state index is 0.306. The second kappa shape index (κ2) is 7.31. The second-order valence-corrected chi connectivity index (χ2v) is 6.66. The molecule has 2 aliphatic heterocycles. The number of benzene rings is 1. The smallest absolute Gasteiger partial charge is 0.257 e. The number of hydrogen-bond acceptors (Lipinski definition) is 5. The molecule has 1 N–H and O–H groups in total. The third-order valence-electron chi connectivity index (χ3n) is 4.18. The number of thioether (sulfide) groups is 1. The number of hydrogen-bond donors (Lipinski definition) is 1. The molecule has 2 heterocycles. The van der Waals surface area contributed by atoms with Gasteiger partial charge < -0.3 is 15.1 Å². The van der Waals surface area contributed by atoms with Crippen LogP contribution in [0.5, 0.6) is 0 Å². The van der Waals surface area contributed by atoms with E-state index in [1.54, 1.807) is 12.1 Å². The summed E-state index contributed by atoms with van der Waals surface area (Å²) in [5.41, 5.74) is 0.901. The number of piperazine rings is 1. The van der Waals surface area contributed by atoms with Crippen LogP contribution in [0.2, 0.25) is 0 Å². The number of rotatable bonds is 3. The summed E-state index contributed by atoms with van der Waals surface area (Å²) in [7, 11) is 0. The van der Waals surface area contributed by atoms with Crippen molar-refractivity contribution in [3.63, 3.8) is 0 Å². The van der Waals surface area contributed by atoms with E-state index in [1.165, 1.54) is 17.8 Å². The van der Waals surface area contributed by atoms with E-state index in [0.717, 1.165) is 45.0 Å². The first-order valence-corrected chi connectivity index (χ1v) is 8.91. The molecule has 3 rings (SSSR count). The molecule has 1 fully saturated rings. The highest BCUT2D eigenvalue weighted by Crippen LogP contribution is 2.22. The van der Waals surface area contributed by atoms with Gasteiger partial charge in [0.15, 0.2) is 5.17 Å². The van der Waals surface area contributed by atoms with Crippen LogP contribution in [0.15, 0.2) is 23.2 Å². The molecular weight excluding hydrogens is 315 g/mol. The summed E-state index contributed by atoms with van der Waals surface area (Å²) >= 11 is 1.51. The molecule has 0 radical (unpaired) electrons. The van der Waals surface area contributed by atoms with Crippen molar-refractivity contribution in [2.45, 2.75) is 6.92 Å². The van der Waals surface area contributed by atoms with E-state index in [-0.39, 0.29) is 11.7 Å². The summed E-state index contributed by atoms with van der Waals surface area (Å²) < 4.78 is 14.4. The van der Waals surface area contributed by atoms with E-state index in [9.17, 15) is 9.18 Å². The van der Waals surface area contributed by atoms with E-state index >= 15 is 0 Å². The number of anilines is 1. The van der Waals surface area contributed by atoms with E-state index in [1.807, 2.05) is 4.90 Å². The summed E-state index contributed by atoms with van der Waals surface area (Å²) in [4.78, 5) is 20.7. The highest BCUT2D eigenvalue weighted by atomic mass is 32.2. The molecular formula is C16H21FN4OS. The Kier molecular flexibility index (Phi) is 5.17. The van der Waals surface area contributed by atoms with Gasteiger partial charge in [0.2, 0.25) is 0 Å². The van der Waals surface area contributed by atoms with Gasteiger partial charge in [-0.1, -0.05) is 18.7 Å². The number of likely N-dealkylation sites (N-methyl/N-ethyl adjacent to an activating group) is 1. The van der Waals surface area contributed by atoms with Crippen LogP contribution >= 0.6 is 11.8 Å². The monoisotopic (exact) mass is 336 g/mol. The zero-order valence-corrected chi connectivity index (χ0v) is 14.0. The number of nitrogens with one attached hydrogen (secondary N) is 1. The highest BCUT2D eigenvalue weighted by Gasteiger charge is 2.20. The highest BCUT2D eigenvalue weighted by molar-refractivity contribution is 8.14. The van der Waals surface area contributed by atoms with Crippen molar-refractivity contribution in [3.8, 4) is 0 Å². The van der Waals surface area contributed by atoms with Crippen LogP contribution in [0, 0.1) is 5.82 Å². The van der Waals surface area contributed by atoms with Crippen molar-refractivity contribution >= 4 is 28.5 Å². The number of carbonyl (C=O) groups excluding carboxylic acids is 1. The van der Waals surface area contributed by atoms with Gasteiger partial charge in [-0.05, 0) is 24.7 Å². The molecule has 124 valence electrons. The SMILES string of the molecule is CCN1CCN(c2ccc(C(=O)NC3=NCCS3)cc2F)CC1. The fraction of sp³-hybridized carbons (Fsp3) is 0.500. The molecule has 0 bridgehead atoms. The lowest BCUT2D eigenvalue weighted by Crippen LogP contribution is -2.46. The van der Waals surface area contributed by atoms with E-state index in [0.29, 0.717) is 16.4 Å². The van der Waals surface area contributed by atoms with E-state index in [2.05, 4.69) is 22.1 Å². The van der Waals surface area contributed by atoms with Crippen molar-refractivity contribution < 1.29 is 9.18 Å². The normalized spacial score (nSPS) is 18.9. The van der Waals surface area contributed by atoms with Gasteiger partial charge in [0, 0.05) is 37.5 Å². The molecule has 0 saturated carbocycles. The molecule has 0 aliphatic carbocycles. The molecule has 23 heavy (non-hydrogen) atoms. The number of amides is 1. The third-order valence-corrected chi connectivity index (χ3v) is 5.07. The lowest BCUT2D eigenvalue weighted by molar-refractivity contribution is 0.0977. The molecule has 0 aromatic heterocycles. The van der Waals surface area contributed by atoms with Gasteiger partial charge in [0.1, 0.15) is 5.82 Å². The maximum atomic E-state index is 14.4. The zero-order valence-electron chi connectivity index (χ0n) is 13.2. The molecule has 0 atom stereocenters. The second-order valence-electron chi connectivity index (χ2n) is 5.58. The fourth-order valence-corrected chi connectivity index (χ4v) is 3.51. The molecule has 0 unspecified atom stereocenters. The maximum Gasteiger partial charge on any atom is 0.257 e. The summed E-state index contributed by atoms with van der Waals surface area (Å²) in [5, 5.41) is 3.34. The van der Waals surface area contributed by atoms with E-state index < -0.39 is 0 Å². The maximum absolute atomic E-state index is 14.4. The molecule has 1 aromatic carbocycles. The van der Waals surface area contributed by atoms with Gasteiger partial charge >= 0.3 is 0 Å². The fourth-order valence-electron chi connectivity index (χ4n) is 2.79. The average molecular weight is 336 g/mol. The first-order valence-electron chi connectivity index (χ1n) is 7.93. The molecule has 1 aromatic rings. The molecule has 1 saturated heterocycles. The Bertz CT molecular complexity index is 614. The van der Waals surface area contributed by atoms with Gasteiger partial charge in [0.25, 0.3) is 5.91 Å². The van der Waals surface area contributed by atoms with Crippen molar-refractivity contribution in [1.82, 2.24) is 10.2 Å². The van der Waals surface area contributed by atoms with Crippen molar-refractivity contribution in [1.29, 1.82) is 0 Å². The molecule has 1 amide bonds. The van der Waals surface area contributed by atoms with Gasteiger partial charge in [0.05, 0.1) is 12.2 Å². The largest absolute Gasteiger partial charge is 0.367 e. The standard InChI is InChI=1S/C16H21FN4OS/c1-2-20-6-8-21(9-7-20)14-4-3-12(11-13(14)17)15(22)19-16-18-5-10-23-16/h3-4,11H,2,5-10H2,1H3,(H,18,19,22). The Hall–Kier alpha value is -1.60. The van der Waals surface area contributed by atoms with Gasteiger partial charge in [-0.3, -0.25) is 9.79 Å². The number of nitrogens with zero attached hydrogens (tertiary/aromatic N) is 3. The predicted molar refractivity (Wildman–Crippen MR) is 93.0 cm³/mol. The van der Waals surface area contributed by atoms with Crippen LogP contribution in [-0.2, 0) is 0 Å². The molecule has 2 aliphatic rings. The average Bonchev–Trinajstić information content (AvgIpc) is 3.08. The number of carbonyl (C=O) groups is 1. The van der Waals surface area contributed by atoms with Crippen LogP contribution < -0.4 is 10.2 Å². The topological polar surface area (TPSA) is 47.9 Å². The van der Waals surface area contributed by atoms with Crippen LogP contribution in [0.1, 0.15) is 17.3 Å². The Morgan fingerprint density at radius 3 is 2.74 bits per heavy atom. The summed E-state index contributed by atoms with van der Waals surface area (Å²) in [6.45, 7) is 7.38. The Morgan fingerprint density at radius 1 is 1.35 bits per heavy atom. The quantitative estimate of drug-likeness (QED) is 0.914. The van der Waals surface area contributed by atoms with Crippen molar-refractivity contribution in [2.24, 2.45) is 4.99 Å². The van der Waals surface area contributed by atoms with E-state index in [4.69, 9.17) is 0 Å². The predicted octanol–water partition coefficient (Wildman–Crippen LogP) is 1.80. The van der Waals surface area contributed by atoms with Crippen LogP contribution in [-0.4, -0.2) is 61.0 Å². The lowest BCUT2D eigenvalue weighted by Gasteiger charge is -2.35. The van der Waals surface area contributed by atoms with Gasteiger partial charge in [-0.2, -0.15) is 0 Å². The zero-order chi connectivity index (χ0) is 16.2. The Balaban J connectivity index is 1.67. The minimum atomic E-state index is -0.344. The van der Waals surface area contributed by atoms with Crippen molar-refractivity contribution in [3.05, 3.63) is 29.6 Å². The lowest BCUT2D eigenvalue weighted by atomic mass is 10.1. The summed E-state index contributed by atoms with van der Waals surface area (Å²) in [6.07, 6.45) is 0. The first kappa shape index (κ1) is 16.3. The minimum Gasteiger partial charge on any atom is -0.367 e. The first-order chi connectivity index (χ1) is 11.2. The van der Waals surface area contributed by atoms with Gasteiger partial charge in [-0.25, -0.2) is 4.39 Å². The third kappa shape index (κ3) is 3.84. The van der Waals surface area contributed by atoms with Gasteiger partial charge in [-0.15, -0.1) is 0 Å². The van der Waals surface area contributed by atoms with Crippen LogP contribution in [0.3, 0.4) is 0 Å². The number of amidine groups is 1. The Labute approximate surface area is 139 Å². The summed E-state index contributed by atoms with van der Waals surface area (Å²) in [6, 6.07) is 4.70. The number of aliphatic imine (C=N–C) groups is 1. The summed E-state index contributed by atoms with van der Waals surface area (Å²) in [5.74, 6) is 0.232. The van der Waals surface area contributed by atoms with Crippen LogP contribution in [0.25, 0.3) is 0 Å². The number of halogens is 1.